The van der Waals surface area contributed by atoms with Crippen LogP contribution in [0.3, 0.4) is 0 Å². The quantitative estimate of drug-likeness (QED) is 0.468. The molecular formula is C24H29N7O4S. The van der Waals surface area contributed by atoms with Crippen LogP contribution >= 0.6 is 0 Å². The van der Waals surface area contributed by atoms with Gasteiger partial charge >= 0.3 is 0 Å². The molecule has 12 heteroatoms. The summed E-state index contributed by atoms with van der Waals surface area (Å²) in [7, 11) is 0. The lowest BCUT2D eigenvalue weighted by molar-refractivity contribution is -0.115. The highest BCUT2D eigenvalue weighted by Crippen LogP contribution is 2.31. The summed E-state index contributed by atoms with van der Waals surface area (Å²) < 4.78 is 27.9. The minimum atomic E-state index is -1.80. The zero-order chi connectivity index (χ0) is 24.6. The molecule has 1 aromatic carbocycles. The first-order chi connectivity index (χ1) is 17.5. The third kappa shape index (κ3) is 4.87. The van der Waals surface area contributed by atoms with Gasteiger partial charge in [0.15, 0.2) is 22.5 Å². The summed E-state index contributed by atoms with van der Waals surface area (Å²) in [6.07, 6.45) is 4.46. The van der Waals surface area contributed by atoms with Crippen molar-refractivity contribution in [1.82, 2.24) is 24.2 Å². The number of benzene rings is 1. The molecule has 1 atom stereocenters. The second kappa shape index (κ2) is 9.87. The lowest BCUT2D eigenvalue weighted by Gasteiger charge is -2.33. The number of aromatic nitrogens is 3. The van der Waals surface area contributed by atoms with E-state index >= 15 is 0 Å². The van der Waals surface area contributed by atoms with Crippen molar-refractivity contribution < 1.29 is 18.3 Å². The Labute approximate surface area is 211 Å². The van der Waals surface area contributed by atoms with Crippen molar-refractivity contribution in [2.75, 3.05) is 68.6 Å². The molecule has 36 heavy (non-hydrogen) atoms. The molecule has 0 bridgehead atoms. The normalized spacial score (nSPS) is 20.0. The highest BCUT2D eigenvalue weighted by Gasteiger charge is 2.23. The minimum absolute atomic E-state index is 0.0178. The predicted molar refractivity (Wildman–Crippen MR) is 136 cm³/mol. The second-order valence-corrected chi connectivity index (χ2v) is 10.4. The second-order valence-electron chi connectivity index (χ2n) is 9.45. The molecule has 2 N–H and O–H groups in total. The zero-order valence-corrected chi connectivity index (χ0v) is 20.7. The van der Waals surface area contributed by atoms with Crippen molar-refractivity contribution in [1.29, 1.82) is 0 Å². The van der Waals surface area contributed by atoms with Crippen LogP contribution < -0.4 is 10.2 Å². The Balaban J connectivity index is 1.30. The van der Waals surface area contributed by atoms with Crippen molar-refractivity contribution >= 4 is 34.1 Å². The number of rotatable bonds is 6. The summed E-state index contributed by atoms with van der Waals surface area (Å²) in [5.74, 6) is 1.06. The van der Waals surface area contributed by atoms with Gasteiger partial charge in [0.2, 0.25) is 5.91 Å². The Morgan fingerprint density at radius 3 is 2.58 bits per heavy atom. The van der Waals surface area contributed by atoms with Crippen LogP contribution in [0.15, 0.2) is 30.6 Å². The maximum Gasteiger partial charge on any atom is 0.228 e. The molecule has 3 aliphatic heterocycles. The average molecular weight is 512 g/mol. The van der Waals surface area contributed by atoms with Crippen LogP contribution in [0.1, 0.15) is 11.3 Å². The fraction of sp³-hybridized carbons (Fsp3) is 0.458. The minimum Gasteiger partial charge on any atom is -0.378 e. The summed E-state index contributed by atoms with van der Waals surface area (Å²) in [6, 6.07) is 5.99. The van der Waals surface area contributed by atoms with Crippen molar-refractivity contribution in [2.45, 2.75) is 13.0 Å². The highest BCUT2D eigenvalue weighted by atomic mass is 32.2. The van der Waals surface area contributed by atoms with Gasteiger partial charge in [-0.1, -0.05) is 6.07 Å². The topological polar surface area (TPSA) is 116 Å². The summed E-state index contributed by atoms with van der Waals surface area (Å²) in [6.45, 7) is 6.71. The number of nitrogens with zero attached hydrogens (tertiary/aromatic N) is 6. The van der Waals surface area contributed by atoms with Crippen molar-refractivity contribution in [3.05, 3.63) is 41.9 Å². The molecule has 5 heterocycles. The number of carbonyl (C=O) groups excluding carboxylic acids is 1. The summed E-state index contributed by atoms with van der Waals surface area (Å²) >= 11 is -1.80. The number of piperazine rings is 1. The largest absolute Gasteiger partial charge is 0.378 e. The number of morpholine rings is 1. The Bertz CT molecular complexity index is 1320. The van der Waals surface area contributed by atoms with Crippen molar-refractivity contribution in [3.63, 3.8) is 0 Å². The first-order valence-electron chi connectivity index (χ1n) is 12.2. The molecule has 2 saturated heterocycles. The standard InChI is InChI=1S/C24H29N7O4S/c32-22-12-18-11-17(1-2-20(18)26-22)21-15-31-14-19(13-28-3-5-29(6-4-28)16-36(33)34)25-23(31)24(27-21)30-7-9-35-10-8-30/h1-2,11,14-15H,3-10,12-13,16H2,(H,26,32)(H,33,34). The molecule has 3 aromatic rings. The SMILES string of the molecule is O=C1Cc2cc(-c3cn4cc(CN5CCN(CS(=O)O)CC5)nc4c(N4CCOCC4)n3)ccc2N1. The first kappa shape index (κ1) is 23.5. The molecule has 3 aliphatic rings. The number of hydrogen-bond donors (Lipinski definition) is 2. The summed E-state index contributed by atoms with van der Waals surface area (Å²) in [4.78, 5) is 28.4. The van der Waals surface area contributed by atoms with Gasteiger partial charge in [0, 0.05) is 69.5 Å². The van der Waals surface area contributed by atoms with Crippen LogP contribution in [0, 0.1) is 0 Å². The Morgan fingerprint density at radius 2 is 1.81 bits per heavy atom. The van der Waals surface area contributed by atoms with E-state index in [0.717, 1.165) is 78.9 Å². The molecule has 2 fully saturated rings. The number of amides is 1. The number of fused-ring (bicyclic) bond motifs is 2. The molecular weight excluding hydrogens is 482 g/mol. The Hall–Kier alpha value is -2.90. The van der Waals surface area contributed by atoms with Crippen LogP contribution in [-0.4, -0.2) is 97.2 Å². The van der Waals surface area contributed by atoms with E-state index in [1.165, 1.54) is 0 Å². The van der Waals surface area contributed by atoms with E-state index in [4.69, 9.17) is 19.3 Å². The summed E-state index contributed by atoms with van der Waals surface area (Å²) in [5, 5.41) is 2.89. The number of nitrogens with one attached hydrogen (secondary N) is 1. The van der Waals surface area contributed by atoms with Gasteiger partial charge in [-0.3, -0.25) is 14.6 Å². The van der Waals surface area contributed by atoms with E-state index in [0.29, 0.717) is 26.2 Å². The number of imidazole rings is 1. The lowest BCUT2D eigenvalue weighted by atomic mass is 10.1. The maximum absolute atomic E-state index is 11.8. The highest BCUT2D eigenvalue weighted by molar-refractivity contribution is 7.79. The lowest BCUT2D eigenvalue weighted by Crippen LogP contribution is -2.46. The van der Waals surface area contributed by atoms with Crippen LogP contribution in [0.25, 0.3) is 16.9 Å². The van der Waals surface area contributed by atoms with E-state index < -0.39 is 11.1 Å². The third-order valence-electron chi connectivity index (χ3n) is 6.95. The smallest absolute Gasteiger partial charge is 0.228 e. The average Bonchev–Trinajstić information content (AvgIpc) is 3.46. The Kier molecular flexibility index (Phi) is 6.44. The molecule has 11 nitrogen and oxygen atoms in total. The molecule has 1 unspecified atom stereocenters. The summed E-state index contributed by atoms with van der Waals surface area (Å²) in [5.41, 5.74) is 5.45. The first-order valence-corrected chi connectivity index (χ1v) is 13.5. The molecule has 1 amide bonds. The molecule has 6 rings (SSSR count). The number of ether oxygens (including phenoxy) is 1. The maximum atomic E-state index is 11.8. The van der Waals surface area contributed by atoms with Gasteiger partial charge in [0.1, 0.15) is 5.88 Å². The molecule has 2 aromatic heterocycles. The number of hydrogen-bond acceptors (Lipinski definition) is 8. The van der Waals surface area contributed by atoms with Gasteiger partial charge in [0.05, 0.1) is 31.0 Å². The fourth-order valence-electron chi connectivity index (χ4n) is 5.09. The van der Waals surface area contributed by atoms with Gasteiger partial charge in [-0.25, -0.2) is 14.2 Å². The Morgan fingerprint density at radius 1 is 1.03 bits per heavy atom. The number of carbonyl (C=O) groups is 1. The van der Waals surface area contributed by atoms with Crippen LogP contribution in [0.5, 0.6) is 0 Å². The zero-order valence-electron chi connectivity index (χ0n) is 19.9. The van der Waals surface area contributed by atoms with Crippen molar-refractivity contribution in [3.8, 4) is 11.3 Å². The van der Waals surface area contributed by atoms with Crippen LogP contribution in [0.2, 0.25) is 0 Å². The van der Waals surface area contributed by atoms with Gasteiger partial charge in [-0.15, -0.1) is 0 Å². The monoisotopic (exact) mass is 511 g/mol. The van der Waals surface area contributed by atoms with Gasteiger partial charge < -0.3 is 23.9 Å². The number of anilines is 2. The van der Waals surface area contributed by atoms with Gasteiger partial charge in [-0.05, 0) is 17.7 Å². The molecule has 0 saturated carbocycles. The predicted octanol–water partition coefficient (Wildman–Crippen LogP) is 1.02. The van der Waals surface area contributed by atoms with E-state index in [-0.39, 0.29) is 11.8 Å². The third-order valence-corrected chi connectivity index (χ3v) is 7.54. The van der Waals surface area contributed by atoms with Gasteiger partial charge in [-0.2, -0.15) is 0 Å². The van der Waals surface area contributed by atoms with E-state index in [2.05, 4.69) is 25.7 Å². The van der Waals surface area contributed by atoms with Crippen LogP contribution in [0.4, 0.5) is 11.5 Å². The van der Waals surface area contributed by atoms with E-state index in [1.807, 2.05) is 29.3 Å². The van der Waals surface area contributed by atoms with Crippen LogP contribution in [-0.2, 0) is 33.6 Å². The molecule has 190 valence electrons. The molecule has 0 spiro atoms. The van der Waals surface area contributed by atoms with Gasteiger partial charge in [0.25, 0.3) is 0 Å². The van der Waals surface area contributed by atoms with E-state index in [1.54, 1.807) is 0 Å². The van der Waals surface area contributed by atoms with Crippen molar-refractivity contribution in [2.24, 2.45) is 0 Å². The fourth-order valence-corrected chi connectivity index (χ4v) is 5.66. The molecule has 0 radical (unpaired) electrons. The van der Waals surface area contributed by atoms with E-state index in [9.17, 15) is 9.00 Å². The molecule has 0 aliphatic carbocycles.